The van der Waals surface area contributed by atoms with Crippen molar-refractivity contribution in [2.45, 2.75) is 65.0 Å². The maximum absolute atomic E-state index is 11.9. The van der Waals surface area contributed by atoms with E-state index in [1.54, 1.807) is 7.05 Å². The van der Waals surface area contributed by atoms with Gasteiger partial charge in [0.1, 0.15) is 0 Å². The molecule has 0 spiro atoms. The van der Waals surface area contributed by atoms with E-state index in [1.165, 1.54) is 9.75 Å². The molecule has 2 heterocycles. The van der Waals surface area contributed by atoms with Gasteiger partial charge in [-0.25, -0.2) is 0 Å². The molecule has 0 saturated carbocycles. The van der Waals surface area contributed by atoms with Crippen molar-refractivity contribution in [2.75, 3.05) is 20.1 Å². The van der Waals surface area contributed by atoms with Gasteiger partial charge in [-0.2, -0.15) is 0 Å². The fourth-order valence-electron chi connectivity index (χ4n) is 3.37. The molecule has 2 rings (SSSR count). The summed E-state index contributed by atoms with van der Waals surface area (Å²) in [6.07, 6.45) is 4.69. The van der Waals surface area contributed by atoms with Crippen molar-refractivity contribution in [3.63, 3.8) is 0 Å². The van der Waals surface area contributed by atoms with Crippen LogP contribution in [0.15, 0.2) is 17.1 Å². The molecule has 6 heteroatoms. The molecule has 2 N–H and O–H groups in total. The number of likely N-dealkylation sites (tertiary alicyclic amines) is 1. The Hall–Kier alpha value is -1.56. The van der Waals surface area contributed by atoms with Gasteiger partial charge in [0.2, 0.25) is 5.91 Å². The van der Waals surface area contributed by atoms with Crippen LogP contribution in [0, 0.1) is 6.92 Å². The number of nitrogens with zero attached hydrogens (tertiary/aromatic N) is 2. The van der Waals surface area contributed by atoms with Crippen LogP contribution in [0.2, 0.25) is 0 Å². The molecule has 1 aromatic heterocycles. The second-order valence-corrected chi connectivity index (χ2v) is 8.17. The van der Waals surface area contributed by atoms with Gasteiger partial charge in [0.05, 0.1) is 0 Å². The number of nitrogens with one attached hydrogen (secondary N) is 2. The molecule has 0 bridgehead atoms. The molecule has 1 aliphatic rings. The topological polar surface area (TPSA) is 56.7 Å². The number of aliphatic imine (C=N–C) groups is 1. The average Bonchev–Trinajstić information content (AvgIpc) is 3.18. The predicted octanol–water partition coefficient (Wildman–Crippen LogP) is 2.94. The Morgan fingerprint density at radius 1 is 1.44 bits per heavy atom. The number of carbonyl (C=O) groups excluding carboxylic acids is 1. The minimum Gasteiger partial charge on any atom is -0.356 e. The molecular weight excluding hydrogens is 332 g/mol. The minimum atomic E-state index is 0.314. The van der Waals surface area contributed by atoms with Crippen LogP contribution < -0.4 is 10.6 Å². The third-order valence-electron chi connectivity index (χ3n) is 4.70. The van der Waals surface area contributed by atoms with Crippen molar-refractivity contribution in [1.29, 1.82) is 0 Å². The Balaban J connectivity index is 1.74. The quantitative estimate of drug-likeness (QED) is 0.551. The van der Waals surface area contributed by atoms with Gasteiger partial charge in [0.15, 0.2) is 5.96 Å². The van der Waals surface area contributed by atoms with Gasteiger partial charge in [-0.1, -0.05) is 6.92 Å². The molecule has 2 atom stereocenters. The van der Waals surface area contributed by atoms with E-state index in [9.17, 15) is 4.79 Å². The number of guanidine groups is 1. The fraction of sp³-hybridized carbons (Fsp3) is 0.684. The monoisotopic (exact) mass is 364 g/mol. The molecular formula is C19H32N4OS. The lowest BCUT2D eigenvalue weighted by Gasteiger charge is -2.27. The summed E-state index contributed by atoms with van der Waals surface area (Å²) in [5.41, 5.74) is 0. The molecule has 1 amide bonds. The van der Waals surface area contributed by atoms with Crippen molar-refractivity contribution in [2.24, 2.45) is 4.99 Å². The molecule has 1 saturated heterocycles. The van der Waals surface area contributed by atoms with Crippen LogP contribution >= 0.6 is 11.3 Å². The van der Waals surface area contributed by atoms with Gasteiger partial charge in [0, 0.05) is 54.8 Å². The van der Waals surface area contributed by atoms with E-state index >= 15 is 0 Å². The minimum absolute atomic E-state index is 0.314. The second-order valence-electron chi connectivity index (χ2n) is 6.80. The third kappa shape index (κ3) is 6.03. The summed E-state index contributed by atoms with van der Waals surface area (Å²) >= 11 is 1.85. The van der Waals surface area contributed by atoms with Gasteiger partial charge in [-0.3, -0.25) is 9.79 Å². The maximum atomic E-state index is 11.9. The van der Waals surface area contributed by atoms with Gasteiger partial charge in [-0.15, -0.1) is 11.3 Å². The Bertz CT molecular complexity index is 584. The van der Waals surface area contributed by atoms with E-state index in [-0.39, 0.29) is 0 Å². The van der Waals surface area contributed by atoms with E-state index in [0.29, 0.717) is 24.4 Å². The zero-order valence-corrected chi connectivity index (χ0v) is 16.8. The summed E-state index contributed by atoms with van der Waals surface area (Å²) < 4.78 is 0. The molecule has 1 aliphatic heterocycles. The number of rotatable bonds is 8. The summed E-state index contributed by atoms with van der Waals surface area (Å²) in [4.78, 5) is 21.0. The highest BCUT2D eigenvalue weighted by molar-refractivity contribution is 7.11. The standard InChI is InChI=1S/C19H32N4OS/c1-5-16(23-12-6-7-18(23)24)10-11-21-19(20-4)22-14(2)13-17-9-8-15(3)25-17/h8-9,14,16H,5-7,10-13H2,1-4H3,(H2,20,21,22). The highest BCUT2D eigenvalue weighted by Gasteiger charge is 2.26. The zero-order valence-electron chi connectivity index (χ0n) is 16.0. The molecule has 2 unspecified atom stereocenters. The summed E-state index contributed by atoms with van der Waals surface area (Å²) in [7, 11) is 1.80. The normalized spacial score (nSPS) is 17.7. The molecule has 0 aliphatic carbocycles. The van der Waals surface area contributed by atoms with E-state index in [0.717, 1.165) is 44.7 Å². The smallest absolute Gasteiger partial charge is 0.222 e. The van der Waals surface area contributed by atoms with Crippen LogP contribution in [-0.4, -0.2) is 49.0 Å². The van der Waals surface area contributed by atoms with Crippen molar-refractivity contribution in [1.82, 2.24) is 15.5 Å². The van der Waals surface area contributed by atoms with Crippen molar-refractivity contribution in [3.8, 4) is 0 Å². The van der Waals surface area contributed by atoms with E-state index in [2.05, 4.69) is 53.4 Å². The number of thiophene rings is 1. The van der Waals surface area contributed by atoms with Crippen LogP contribution in [0.5, 0.6) is 0 Å². The number of hydrogen-bond acceptors (Lipinski definition) is 3. The highest BCUT2D eigenvalue weighted by atomic mass is 32.1. The Morgan fingerprint density at radius 2 is 2.24 bits per heavy atom. The van der Waals surface area contributed by atoms with Crippen molar-refractivity contribution >= 4 is 23.2 Å². The lowest BCUT2D eigenvalue weighted by atomic mass is 10.1. The van der Waals surface area contributed by atoms with Crippen LogP contribution in [-0.2, 0) is 11.2 Å². The molecule has 25 heavy (non-hydrogen) atoms. The number of carbonyl (C=O) groups is 1. The molecule has 0 radical (unpaired) electrons. The lowest BCUT2D eigenvalue weighted by molar-refractivity contribution is -0.129. The largest absolute Gasteiger partial charge is 0.356 e. The number of amides is 1. The number of hydrogen-bond donors (Lipinski definition) is 2. The van der Waals surface area contributed by atoms with E-state index in [1.807, 2.05) is 11.3 Å². The molecule has 140 valence electrons. The third-order valence-corrected chi connectivity index (χ3v) is 5.73. The Morgan fingerprint density at radius 3 is 2.80 bits per heavy atom. The van der Waals surface area contributed by atoms with Gasteiger partial charge < -0.3 is 15.5 Å². The molecule has 5 nitrogen and oxygen atoms in total. The van der Waals surface area contributed by atoms with E-state index in [4.69, 9.17) is 0 Å². The number of aryl methyl sites for hydroxylation is 1. The summed E-state index contributed by atoms with van der Waals surface area (Å²) in [6.45, 7) is 8.23. The first kappa shape index (κ1) is 19.8. The molecule has 1 aromatic rings. The van der Waals surface area contributed by atoms with Crippen molar-refractivity contribution in [3.05, 3.63) is 21.9 Å². The molecule has 0 aromatic carbocycles. The second kappa shape index (κ2) is 9.80. The van der Waals surface area contributed by atoms with Crippen LogP contribution in [0.4, 0.5) is 0 Å². The van der Waals surface area contributed by atoms with Crippen LogP contribution in [0.25, 0.3) is 0 Å². The van der Waals surface area contributed by atoms with Gasteiger partial charge in [-0.05, 0) is 45.2 Å². The summed E-state index contributed by atoms with van der Waals surface area (Å²) in [6, 6.07) is 5.04. The first-order valence-corrected chi connectivity index (χ1v) is 10.2. The maximum Gasteiger partial charge on any atom is 0.222 e. The first-order chi connectivity index (χ1) is 12.0. The highest BCUT2D eigenvalue weighted by Crippen LogP contribution is 2.18. The van der Waals surface area contributed by atoms with E-state index < -0.39 is 0 Å². The Labute approximate surface area is 155 Å². The lowest BCUT2D eigenvalue weighted by Crippen LogP contribution is -2.45. The van der Waals surface area contributed by atoms with Crippen LogP contribution in [0.1, 0.15) is 49.3 Å². The van der Waals surface area contributed by atoms with Crippen molar-refractivity contribution < 1.29 is 4.79 Å². The SMILES string of the molecule is CCC(CCNC(=NC)NC(C)Cc1ccc(C)s1)N1CCCC1=O. The average molecular weight is 365 g/mol. The zero-order chi connectivity index (χ0) is 18.2. The summed E-state index contributed by atoms with van der Waals surface area (Å²) in [5, 5.41) is 6.86. The molecule has 1 fully saturated rings. The predicted molar refractivity (Wildman–Crippen MR) is 106 cm³/mol. The van der Waals surface area contributed by atoms with Gasteiger partial charge >= 0.3 is 0 Å². The fourth-order valence-corrected chi connectivity index (χ4v) is 4.39. The summed E-state index contributed by atoms with van der Waals surface area (Å²) in [5.74, 6) is 1.15. The first-order valence-electron chi connectivity index (χ1n) is 9.35. The van der Waals surface area contributed by atoms with Crippen LogP contribution in [0.3, 0.4) is 0 Å². The Kier molecular flexibility index (Phi) is 7.75. The van der Waals surface area contributed by atoms with Gasteiger partial charge in [0.25, 0.3) is 0 Å².